The molecule has 3 nitrogen and oxygen atoms in total. The van der Waals surface area contributed by atoms with Crippen LogP contribution in [0.2, 0.25) is 0 Å². The average Bonchev–Trinajstić information content (AvgIpc) is 2.49. The highest BCUT2D eigenvalue weighted by atomic mass is 15.0. The fourth-order valence-electron chi connectivity index (χ4n) is 2.49. The third kappa shape index (κ3) is 3.60. The third-order valence-corrected chi connectivity index (χ3v) is 3.64. The monoisotopic (exact) mass is 283 g/mol. The van der Waals surface area contributed by atoms with Gasteiger partial charge in [-0.1, -0.05) is 51.5 Å². The van der Waals surface area contributed by atoms with Gasteiger partial charge < -0.3 is 5.32 Å². The second-order valence-electron chi connectivity index (χ2n) is 5.61. The van der Waals surface area contributed by atoms with Gasteiger partial charge in [0.05, 0.1) is 5.69 Å². The molecular formula is C18H25N3. The topological polar surface area (TPSA) is 37.8 Å². The van der Waals surface area contributed by atoms with Crippen LogP contribution in [0.15, 0.2) is 30.6 Å². The summed E-state index contributed by atoms with van der Waals surface area (Å²) < 4.78 is 0. The molecule has 0 radical (unpaired) electrons. The molecule has 1 aromatic heterocycles. The lowest BCUT2D eigenvalue weighted by molar-refractivity contribution is 0.866. The molecule has 0 unspecified atom stereocenters. The van der Waals surface area contributed by atoms with Crippen molar-refractivity contribution < 1.29 is 0 Å². The highest BCUT2D eigenvalue weighted by molar-refractivity contribution is 5.68. The van der Waals surface area contributed by atoms with Crippen LogP contribution in [-0.2, 0) is 6.42 Å². The molecule has 0 aliphatic heterocycles. The highest BCUT2D eigenvalue weighted by Gasteiger charge is 2.12. The van der Waals surface area contributed by atoms with Gasteiger partial charge in [0.15, 0.2) is 0 Å². The number of benzene rings is 1. The molecule has 1 N–H and O–H groups in total. The predicted octanol–water partition coefficient (Wildman–Crippen LogP) is 4.65. The summed E-state index contributed by atoms with van der Waals surface area (Å²) in [6.07, 6.45) is 3.73. The molecule has 0 atom stereocenters. The maximum Gasteiger partial charge on any atom is 0.133 e. The van der Waals surface area contributed by atoms with Crippen LogP contribution in [-0.4, -0.2) is 16.5 Å². The minimum Gasteiger partial charge on any atom is -0.370 e. The van der Waals surface area contributed by atoms with E-state index in [2.05, 4.69) is 67.2 Å². The Morgan fingerprint density at radius 3 is 2.33 bits per heavy atom. The van der Waals surface area contributed by atoms with Gasteiger partial charge in [0.2, 0.25) is 0 Å². The molecule has 0 saturated carbocycles. The summed E-state index contributed by atoms with van der Waals surface area (Å²) in [5.74, 6) is 1.52. The maximum atomic E-state index is 4.53. The minimum atomic E-state index is 0.553. The molecule has 21 heavy (non-hydrogen) atoms. The van der Waals surface area contributed by atoms with Gasteiger partial charge in [-0.25, -0.2) is 9.97 Å². The summed E-state index contributed by atoms with van der Waals surface area (Å²) in [6.45, 7) is 9.58. The van der Waals surface area contributed by atoms with Crippen LogP contribution in [0, 0.1) is 0 Å². The van der Waals surface area contributed by atoms with Crippen LogP contribution >= 0.6 is 0 Å². The van der Waals surface area contributed by atoms with E-state index in [-0.39, 0.29) is 0 Å². The number of aromatic nitrogens is 2. The summed E-state index contributed by atoms with van der Waals surface area (Å²) in [4.78, 5) is 8.93. The first-order valence-corrected chi connectivity index (χ1v) is 7.85. The van der Waals surface area contributed by atoms with Gasteiger partial charge in [-0.05, 0) is 24.8 Å². The van der Waals surface area contributed by atoms with E-state index in [0.717, 1.165) is 30.9 Å². The van der Waals surface area contributed by atoms with Crippen molar-refractivity contribution in [2.75, 3.05) is 11.9 Å². The van der Waals surface area contributed by atoms with Crippen molar-refractivity contribution in [2.24, 2.45) is 0 Å². The molecule has 112 valence electrons. The largest absolute Gasteiger partial charge is 0.370 e. The van der Waals surface area contributed by atoms with Gasteiger partial charge in [-0.3, -0.25) is 0 Å². The van der Waals surface area contributed by atoms with E-state index < -0.39 is 0 Å². The Kier molecular flexibility index (Phi) is 5.32. The van der Waals surface area contributed by atoms with Crippen molar-refractivity contribution in [1.82, 2.24) is 9.97 Å². The van der Waals surface area contributed by atoms with Crippen molar-refractivity contribution in [2.45, 2.75) is 46.5 Å². The molecular weight excluding hydrogens is 258 g/mol. The average molecular weight is 283 g/mol. The molecule has 3 heteroatoms. The van der Waals surface area contributed by atoms with Crippen LogP contribution in [0.3, 0.4) is 0 Å². The lowest BCUT2D eigenvalue weighted by Gasteiger charge is -2.14. The van der Waals surface area contributed by atoms with E-state index in [4.69, 9.17) is 0 Å². The molecule has 0 fully saturated rings. The zero-order valence-corrected chi connectivity index (χ0v) is 13.5. The molecule has 0 spiro atoms. The summed E-state index contributed by atoms with van der Waals surface area (Å²) >= 11 is 0. The Hall–Kier alpha value is -1.90. The third-order valence-electron chi connectivity index (χ3n) is 3.64. The Morgan fingerprint density at radius 2 is 1.76 bits per heavy atom. The summed E-state index contributed by atoms with van der Waals surface area (Å²) in [7, 11) is 0. The van der Waals surface area contributed by atoms with E-state index in [1.165, 1.54) is 16.7 Å². The van der Waals surface area contributed by atoms with Crippen molar-refractivity contribution in [3.8, 4) is 11.3 Å². The smallest absolute Gasteiger partial charge is 0.133 e. The number of anilines is 1. The van der Waals surface area contributed by atoms with Gasteiger partial charge in [0.1, 0.15) is 12.1 Å². The van der Waals surface area contributed by atoms with Crippen molar-refractivity contribution in [3.63, 3.8) is 0 Å². The first kappa shape index (κ1) is 15.5. The minimum absolute atomic E-state index is 0.553. The fraction of sp³-hybridized carbons (Fsp3) is 0.444. The molecule has 2 rings (SSSR count). The molecule has 1 heterocycles. The highest BCUT2D eigenvalue weighted by Crippen LogP contribution is 2.28. The molecule has 0 bridgehead atoms. The second-order valence-corrected chi connectivity index (χ2v) is 5.61. The number of nitrogens with zero attached hydrogens (tertiary/aromatic N) is 2. The standard InChI is InChI=1S/C18H25N3/c1-5-7-16-17(20-12-21-18(16)19-6-2)15-10-8-14(9-11-15)13(3)4/h8-13H,5-7H2,1-4H3,(H,19,20,21). The van der Waals surface area contributed by atoms with Gasteiger partial charge in [-0.15, -0.1) is 0 Å². The van der Waals surface area contributed by atoms with Crippen LogP contribution in [0.5, 0.6) is 0 Å². The van der Waals surface area contributed by atoms with Gasteiger partial charge in [-0.2, -0.15) is 0 Å². The van der Waals surface area contributed by atoms with E-state index in [9.17, 15) is 0 Å². The van der Waals surface area contributed by atoms with Crippen LogP contribution in [0.1, 0.15) is 51.2 Å². The van der Waals surface area contributed by atoms with E-state index in [1.54, 1.807) is 6.33 Å². The number of hydrogen-bond acceptors (Lipinski definition) is 3. The summed E-state index contributed by atoms with van der Waals surface area (Å²) in [6, 6.07) is 8.74. The lowest BCUT2D eigenvalue weighted by Crippen LogP contribution is -2.06. The number of rotatable bonds is 6. The quantitative estimate of drug-likeness (QED) is 0.838. The van der Waals surface area contributed by atoms with Crippen LogP contribution in [0.4, 0.5) is 5.82 Å². The van der Waals surface area contributed by atoms with Gasteiger partial charge in [0, 0.05) is 17.7 Å². The van der Waals surface area contributed by atoms with Crippen molar-refractivity contribution in [3.05, 3.63) is 41.7 Å². The first-order valence-electron chi connectivity index (χ1n) is 7.85. The van der Waals surface area contributed by atoms with Crippen LogP contribution < -0.4 is 5.32 Å². The maximum absolute atomic E-state index is 4.53. The number of hydrogen-bond donors (Lipinski definition) is 1. The van der Waals surface area contributed by atoms with Crippen LogP contribution in [0.25, 0.3) is 11.3 Å². The summed E-state index contributed by atoms with van der Waals surface area (Å²) in [5, 5.41) is 3.35. The normalized spacial score (nSPS) is 10.9. The van der Waals surface area contributed by atoms with E-state index in [1.807, 2.05) is 0 Å². The molecule has 0 amide bonds. The molecule has 1 aromatic carbocycles. The Labute approximate surface area is 127 Å². The lowest BCUT2D eigenvalue weighted by atomic mass is 9.98. The SMILES string of the molecule is CCCc1c(NCC)ncnc1-c1ccc(C(C)C)cc1. The first-order chi connectivity index (χ1) is 10.2. The van der Waals surface area contributed by atoms with Crippen molar-refractivity contribution in [1.29, 1.82) is 0 Å². The zero-order chi connectivity index (χ0) is 15.2. The second kappa shape index (κ2) is 7.21. The zero-order valence-electron chi connectivity index (χ0n) is 13.5. The van der Waals surface area contributed by atoms with Crippen molar-refractivity contribution >= 4 is 5.82 Å². The molecule has 0 saturated heterocycles. The van der Waals surface area contributed by atoms with Gasteiger partial charge >= 0.3 is 0 Å². The Morgan fingerprint density at radius 1 is 1.05 bits per heavy atom. The summed E-state index contributed by atoms with van der Waals surface area (Å²) in [5.41, 5.74) is 4.80. The van der Waals surface area contributed by atoms with E-state index >= 15 is 0 Å². The molecule has 0 aliphatic rings. The predicted molar refractivity (Wildman–Crippen MR) is 89.7 cm³/mol. The van der Waals surface area contributed by atoms with Gasteiger partial charge in [0.25, 0.3) is 0 Å². The Balaban J connectivity index is 2.44. The number of nitrogens with one attached hydrogen (secondary N) is 1. The molecule has 2 aromatic rings. The fourth-order valence-corrected chi connectivity index (χ4v) is 2.49. The Bertz CT molecular complexity index is 574. The molecule has 0 aliphatic carbocycles. The van der Waals surface area contributed by atoms with E-state index in [0.29, 0.717) is 5.92 Å².